The normalized spacial score (nSPS) is 13.4. The van der Waals surface area contributed by atoms with Crippen molar-refractivity contribution in [3.63, 3.8) is 0 Å². The third-order valence-corrected chi connectivity index (χ3v) is 3.32. The van der Waals surface area contributed by atoms with Gasteiger partial charge in [-0.1, -0.05) is 0 Å². The summed E-state index contributed by atoms with van der Waals surface area (Å²) in [5.74, 6) is 0.333. The Kier molecular flexibility index (Phi) is 39.5. The topological polar surface area (TPSA) is 244 Å². The summed E-state index contributed by atoms with van der Waals surface area (Å²) < 4.78 is 0. The molecular weight excluding hydrogens is 480 g/mol. The Morgan fingerprint density at radius 1 is 0.472 bits per heavy atom. The molecule has 14 nitrogen and oxygen atoms in total. The van der Waals surface area contributed by atoms with E-state index in [-0.39, 0.29) is 38.0 Å². The second-order valence-electron chi connectivity index (χ2n) is 7.98. The van der Waals surface area contributed by atoms with Gasteiger partial charge >= 0.3 is 0 Å². The maximum Gasteiger partial charge on any atom is 0.126 e. The third kappa shape index (κ3) is 54.0. The highest BCUT2D eigenvalue weighted by molar-refractivity contribution is 5.72. The fourth-order valence-electron chi connectivity index (χ4n) is 1.69. The molecule has 0 aliphatic heterocycles. The van der Waals surface area contributed by atoms with E-state index in [0.29, 0.717) is 52.4 Å². The zero-order chi connectivity index (χ0) is 28.8. The molecule has 0 spiro atoms. The minimum absolute atomic E-state index is 0.167. The van der Waals surface area contributed by atoms with Crippen LogP contribution in [0.2, 0.25) is 0 Å². The van der Waals surface area contributed by atoms with Gasteiger partial charge in [-0.25, -0.2) is 0 Å². The van der Waals surface area contributed by atoms with Gasteiger partial charge in [-0.3, -0.25) is 0 Å². The van der Waals surface area contributed by atoms with E-state index in [1.165, 1.54) is 27.7 Å². The molecule has 0 radical (unpaired) electrons. The standard InChI is InChI=1S/2C8H20N2O4.2C3H6O/c2*11-5-7(13)3-9-1-2-10-4-8(14)6-12;2*1-3(2)4/h2*7-14H,1-6H2;2*1-2H3. The average Bonchev–Trinajstić information content (AvgIpc) is 2.82. The van der Waals surface area contributed by atoms with Crippen LogP contribution in [0.5, 0.6) is 0 Å². The Hall–Kier alpha value is -1.14. The van der Waals surface area contributed by atoms with E-state index in [0.717, 1.165) is 0 Å². The molecule has 12 N–H and O–H groups in total. The summed E-state index contributed by atoms with van der Waals surface area (Å²) in [5.41, 5.74) is 0. The van der Waals surface area contributed by atoms with Crippen molar-refractivity contribution in [2.45, 2.75) is 52.1 Å². The number of rotatable bonds is 18. The van der Waals surface area contributed by atoms with E-state index in [9.17, 15) is 9.59 Å². The Balaban J connectivity index is -0.000000219. The molecular formula is C22H52N4O10. The molecule has 0 aromatic rings. The summed E-state index contributed by atoms with van der Waals surface area (Å²) in [6.45, 7) is 9.05. The number of aliphatic hydroxyl groups excluding tert-OH is 8. The van der Waals surface area contributed by atoms with Gasteiger partial charge < -0.3 is 71.7 Å². The van der Waals surface area contributed by atoms with Gasteiger partial charge in [-0.15, -0.1) is 0 Å². The number of carbonyl (C=O) groups excluding carboxylic acids is 2. The van der Waals surface area contributed by atoms with Crippen molar-refractivity contribution >= 4 is 11.6 Å². The van der Waals surface area contributed by atoms with Crippen molar-refractivity contribution in [3.05, 3.63) is 0 Å². The summed E-state index contributed by atoms with van der Waals surface area (Å²) in [6, 6.07) is 0. The van der Waals surface area contributed by atoms with Crippen LogP contribution in [0.25, 0.3) is 0 Å². The smallest absolute Gasteiger partial charge is 0.126 e. The second kappa shape index (κ2) is 33.9. The van der Waals surface area contributed by atoms with E-state index >= 15 is 0 Å². The number of Topliss-reactive ketones (excluding diaryl/α,β-unsaturated/α-hetero) is 2. The van der Waals surface area contributed by atoms with Crippen LogP contribution in [0.15, 0.2) is 0 Å². The van der Waals surface area contributed by atoms with Gasteiger partial charge in [0.1, 0.15) is 11.6 Å². The summed E-state index contributed by atoms with van der Waals surface area (Å²) in [7, 11) is 0. The molecule has 0 aliphatic carbocycles. The predicted molar refractivity (Wildman–Crippen MR) is 137 cm³/mol. The molecule has 0 saturated heterocycles. The highest BCUT2D eigenvalue weighted by Crippen LogP contribution is 1.78. The molecule has 36 heavy (non-hydrogen) atoms. The minimum atomic E-state index is -0.724. The SMILES string of the molecule is CC(C)=O.CC(C)=O.OCC(O)CNCCNCC(O)CO.OCC(O)CNCCNCC(O)CO. The minimum Gasteiger partial charge on any atom is -0.394 e. The quantitative estimate of drug-likeness (QED) is 0.0739. The summed E-state index contributed by atoms with van der Waals surface area (Å²) in [5, 5.41) is 81.3. The fourth-order valence-corrected chi connectivity index (χ4v) is 1.69. The molecule has 4 atom stereocenters. The van der Waals surface area contributed by atoms with Crippen LogP contribution in [-0.2, 0) is 9.59 Å². The van der Waals surface area contributed by atoms with Crippen LogP contribution >= 0.6 is 0 Å². The number of aliphatic hydroxyl groups is 8. The van der Waals surface area contributed by atoms with Gasteiger partial charge in [0.2, 0.25) is 0 Å². The van der Waals surface area contributed by atoms with Gasteiger partial charge in [-0.05, 0) is 27.7 Å². The molecule has 0 rings (SSSR count). The summed E-state index contributed by atoms with van der Waals surface area (Å²) in [4.78, 5) is 18.9. The van der Waals surface area contributed by atoms with Crippen molar-refractivity contribution in [2.75, 3.05) is 78.8 Å². The first kappa shape index (κ1) is 42.0. The molecule has 0 aromatic carbocycles. The number of nitrogens with one attached hydrogen (secondary N) is 4. The maximum absolute atomic E-state index is 9.44. The van der Waals surface area contributed by atoms with Gasteiger partial charge in [0, 0.05) is 52.4 Å². The third-order valence-electron chi connectivity index (χ3n) is 3.32. The molecule has 220 valence electrons. The fraction of sp³-hybridized carbons (Fsp3) is 0.909. The Bertz CT molecular complexity index is 389. The molecule has 0 saturated carbocycles. The highest BCUT2D eigenvalue weighted by Gasteiger charge is 2.02. The molecule has 0 bridgehead atoms. The lowest BCUT2D eigenvalue weighted by Crippen LogP contribution is -2.37. The lowest BCUT2D eigenvalue weighted by atomic mass is 10.3. The lowest BCUT2D eigenvalue weighted by molar-refractivity contribution is -0.115. The van der Waals surface area contributed by atoms with Crippen LogP contribution in [0.4, 0.5) is 0 Å². The first-order valence-electron chi connectivity index (χ1n) is 11.8. The van der Waals surface area contributed by atoms with Gasteiger partial charge in [0.05, 0.1) is 50.8 Å². The Morgan fingerprint density at radius 2 is 0.611 bits per heavy atom. The predicted octanol–water partition coefficient (Wildman–Crippen LogP) is -5.07. The van der Waals surface area contributed by atoms with Crippen LogP contribution in [0.3, 0.4) is 0 Å². The average molecular weight is 533 g/mol. The van der Waals surface area contributed by atoms with E-state index in [4.69, 9.17) is 40.9 Å². The molecule has 0 amide bonds. The van der Waals surface area contributed by atoms with E-state index in [1.54, 1.807) is 0 Å². The zero-order valence-corrected chi connectivity index (χ0v) is 22.2. The molecule has 0 aromatic heterocycles. The van der Waals surface area contributed by atoms with E-state index < -0.39 is 24.4 Å². The van der Waals surface area contributed by atoms with Gasteiger partial charge in [0.25, 0.3) is 0 Å². The number of hydrogen-bond donors (Lipinski definition) is 12. The van der Waals surface area contributed by atoms with Crippen LogP contribution in [0, 0.1) is 0 Å². The van der Waals surface area contributed by atoms with Crippen molar-refractivity contribution in [1.29, 1.82) is 0 Å². The lowest BCUT2D eigenvalue weighted by Gasteiger charge is -2.11. The van der Waals surface area contributed by atoms with Crippen LogP contribution in [0.1, 0.15) is 27.7 Å². The Morgan fingerprint density at radius 3 is 0.722 bits per heavy atom. The second-order valence-corrected chi connectivity index (χ2v) is 7.98. The zero-order valence-electron chi connectivity index (χ0n) is 22.2. The van der Waals surface area contributed by atoms with Crippen LogP contribution < -0.4 is 21.3 Å². The molecule has 4 unspecified atom stereocenters. The van der Waals surface area contributed by atoms with E-state index in [1.807, 2.05) is 0 Å². The summed E-state index contributed by atoms with van der Waals surface area (Å²) in [6.07, 6.45) is -2.90. The first-order chi connectivity index (χ1) is 16.9. The van der Waals surface area contributed by atoms with Crippen molar-refractivity contribution < 1.29 is 50.4 Å². The number of hydrogen-bond acceptors (Lipinski definition) is 14. The number of carbonyl (C=O) groups is 2. The first-order valence-corrected chi connectivity index (χ1v) is 11.8. The summed E-state index contributed by atoms with van der Waals surface area (Å²) >= 11 is 0. The Labute approximate surface area is 214 Å². The van der Waals surface area contributed by atoms with Gasteiger partial charge in [-0.2, -0.15) is 0 Å². The molecule has 0 fully saturated rings. The monoisotopic (exact) mass is 532 g/mol. The molecule has 14 heteroatoms. The molecule has 0 heterocycles. The largest absolute Gasteiger partial charge is 0.394 e. The van der Waals surface area contributed by atoms with Crippen molar-refractivity contribution in [3.8, 4) is 0 Å². The highest BCUT2D eigenvalue weighted by atomic mass is 16.3. The number of ketones is 2. The molecule has 0 aliphatic rings. The van der Waals surface area contributed by atoms with Crippen LogP contribution in [-0.4, -0.2) is 156 Å². The van der Waals surface area contributed by atoms with Crippen molar-refractivity contribution in [2.24, 2.45) is 0 Å². The van der Waals surface area contributed by atoms with Crippen molar-refractivity contribution in [1.82, 2.24) is 21.3 Å². The van der Waals surface area contributed by atoms with E-state index in [2.05, 4.69) is 21.3 Å². The van der Waals surface area contributed by atoms with Gasteiger partial charge in [0.15, 0.2) is 0 Å². The maximum atomic E-state index is 9.44.